The molecule has 0 N–H and O–H groups in total. The SMILES string of the molecule is O=C(c1ccc(C(F)(F)F)nc1)N1CC(Cn2ccnn2)C1. The first kappa shape index (κ1) is 14.5. The first-order valence-electron chi connectivity index (χ1n) is 6.60. The third-order valence-electron chi connectivity index (χ3n) is 3.46. The highest BCUT2D eigenvalue weighted by atomic mass is 19.4. The summed E-state index contributed by atoms with van der Waals surface area (Å²) in [5.74, 6) is -0.0378. The van der Waals surface area contributed by atoms with Crippen molar-refractivity contribution in [1.29, 1.82) is 0 Å². The van der Waals surface area contributed by atoms with Crippen LogP contribution in [0.2, 0.25) is 0 Å². The molecule has 3 rings (SSSR count). The van der Waals surface area contributed by atoms with Crippen LogP contribution in [0, 0.1) is 5.92 Å². The monoisotopic (exact) mass is 311 g/mol. The van der Waals surface area contributed by atoms with Gasteiger partial charge in [-0.15, -0.1) is 5.10 Å². The number of likely N-dealkylation sites (tertiary alicyclic amines) is 1. The molecule has 22 heavy (non-hydrogen) atoms. The van der Waals surface area contributed by atoms with Gasteiger partial charge in [0, 0.05) is 37.9 Å². The van der Waals surface area contributed by atoms with E-state index >= 15 is 0 Å². The lowest BCUT2D eigenvalue weighted by Crippen LogP contribution is -2.51. The molecule has 1 aliphatic rings. The minimum atomic E-state index is -4.50. The predicted molar refractivity (Wildman–Crippen MR) is 68.7 cm³/mol. The van der Waals surface area contributed by atoms with Crippen LogP contribution in [0.1, 0.15) is 16.1 Å². The second-order valence-corrected chi connectivity index (χ2v) is 5.13. The van der Waals surface area contributed by atoms with Crippen molar-refractivity contribution in [2.24, 2.45) is 5.92 Å². The third kappa shape index (κ3) is 2.92. The molecule has 0 radical (unpaired) electrons. The molecule has 0 aliphatic carbocycles. The number of carbonyl (C=O) groups excluding carboxylic acids is 1. The molecule has 1 saturated heterocycles. The van der Waals surface area contributed by atoms with Crippen molar-refractivity contribution in [3.05, 3.63) is 42.0 Å². The molecule has 116 valence electrons. The lowest BCUT2D eigenvalue weighted by Gasteiger charge is -2.39. The van der Waals surface area contributed by atoms with Crippen molar-refractivity contribution >= 4 is 5.91 Å². The average Bonchev–Trinajstić information content (AvgIpc) is 2.94. The fraction of sp³-hybridized carbons (Fsp3) is 0.385. The van der Waals surface area contributed by atoms with Gasteiger partial charge in [-0.25, -0.2) is 0 Å². The number of aromatic nitrogens is 4. The molecule has 0 spiro atoms. The molecule has 0 aromatic carbocycles. The standard InChI is InChI=1S/C13H12F3N5O/c14-13(15,16)11-2-1-10(5-17-11)12(22)20-6-9(7-20)8-21-4-3-18-19-21/h1-5,9H,6-8H2. The molecule has 2 aromatic heterocycles. The molecular weight excluding hydrogens is 299 g/mol. The highest BCUT2D eigenvalue weighted by molar-refractivity contribution is 5.94. The maximum atomic E-state index is 12.4. The van der Waals surface area contributed by atoms with E-state index in [1.54, 1.807) is 22.0 Å². The van der Waals surface area contributed by atoms with Crippen molar-refractivity contribution < 1.29 is 18.0 Å². The van der Waals surface area contributed by atoms with Crippen molar-refractivity contribution in [1.82, 2.24) is 24.9 Å². The number of rotatable bonds is 3. The van der Waals surface area contributed by atoms with E-state index in [2.05, 4.69) is 15.3 Å². The molecule has 3 heterocycles. The fourth-order valence-corrected chi connectivity index (χ4v) is 2.32. The summed E-state index contributed by atoms with van der Waals surface area (Å²) in [5.41, 5.74) is -0.844. The van der Waals surface area contributed by atoms with E-state index in [0.29, 0.717) is 19.6 Å². The summed E-state index contributed by atoms with van der Waals surface area (Å²) in [6.45, 7) is 1.74. The quantitative estimate of drug-likeness (QED) is 0.861. The molecule has 6 nitrogen and oxygen atoms in total. The van der Waals surface area contributed by atoms with Gasteiger partial charge in [0.2, 0.25) is 0 Å². The first-order valence-corrected chi connectivity index (χ1v) is 6.60. The van der Waals surface area contributed by atoms with Crippen LogP contribution in [0.5, 0.6) is 0 Å². The summed E-state index contributed by atoms with van der Waals surface area (Å²) in [6.07, 6.45) is -0.211. The fourth-order valence-electron chi connectivity index (χ4n) is 2.32. The molecule has 2 aromatic rings. The Balaban J connectivity index is 1.57. The number of alkyl halides is 3. The molecule has 1 aliphatic heterocycles. The molecule has 0 bridgehead atoms. The average molecular weight is 311 g/mol. The van der Waals surface area contributed by atoms with Gasteiger partial charge in [-0.2, -0.15) is 13.2 Å². The molecule has 1 amide bonds. The van der Waals surface area contributed by atoms with Crippen LogP contribution in [-0.4, -0.2) is 43.9 Å². The highest BCUT2D eigenvalue weighted by Gasteiger charge is 2.34. The summed E-state index contributed by atoms with van der Waals surface area (Å²) < 4.78 is 38.9. The van der Waals surface area contributed by atoms with Crippen LogP contribution in [0.4, 0.5) is 13.2 Å². The number of carbonyl (C=O) groups is 1. The van der Waals surface area contributed by atoms with E-state index in [1.807, 2.05) is 0 Å². The minimum Gasteiger partial charge on any atom is -0.338 e. The van der Waals surface area contributed by atoms with Crippen LogP contribution in [-0.2, 0) is 12.7 Å². The largest absolute Gasteiger partial charge is 0.433 e. The Kier molecular flexibility index (Phi) is 3.55. The second kappa shape index (κ2) is 5.39. The van der Waals surface area contributed by atoms with E-state index in [-0.39, 0.29) is 17.4 Å². The van der Waals surface area contributed by atoms with E-state index in [4.69, 9.17) is 0 Å². The topological polar surface area (TPSA) is 63.9 Å². The Hall–Kier alpha value is -2.45. The Morgan fingerprint density at radius 2 is 2.09 bits per heavy atom. The first-order chi connectivity index (χ1) is 10.4. The van der Waals surface area contributed by atoms with Crippen molar-refractivity contribution in [3.63, 3.8) is 0 Å². The lowest BCUT2D eigenvalue weighted by atomic mass is 9.99. The lowest BCUT2D eigenvalue weighted by molar-refractivity contribution is -0.141. The van der Waals surface area contributed by atoms with E-state index in [1.165, 1.54) is 0 Å². The summed E-state index contributed by atoms with van der Waals surface area (Å²) in [7, 11) is 0. The summed E-state index contributed by atoms with van der Waals surface area (Å²) in [4.78, 5) is 17.0. The maximum Gasteiger partial charge on any atom is 0.433 e. The van der Waals surface area contributed by atoms with Gasteiger partial charge in [-0.1, -0.05) is 5.21 Å². The molecule has 1 fully saturated rings. The van der Waals surface area contributed by atoms with Crippen LogP contribution < -0.4 is 0 Å². The smallest absolute Gasteiger partial charge is 0.338 e. The van der Waals surface area contributed by atoms with Crippen LogP contribution >= 0.6 is 0 Å². The van der Waals surface area contributed by atoms with Crippen molar-refractivity contribution in [3.8, 4) is 0 Å². The molecule has 0 unspecified atom stereocenters. The van der Waals surface area contributed by atoms with Gasteiger partial charge in [-0.05, 0) is 12.1 Å². The van der Waals surface area contributed by atoms with E-state index in [9.17, 15) is 18.0 Å². The molecule has 9 heteroatoms. The van der Waals surface area contributed by atoms with Gasteiger partial charge in [0.1, 0.15) is 5.69 Å². The summed E-state index contributed by atoms with van der Waals surface area (Å²) in [5, 5.41) is 7.54. The molecule has 0 atom stereocenters. The maximum absolute atomic E-state index is 12.4. The highest BCUT2D eigenvalue weighted by Crippen LogP contribution is 2.27. The van der Waals surface area contributed by atoms with Gasteiger partial charge < -0.3 is 4.90 Å². The summed E-state index contributed by atoms with van der Waals surface area (Å²) in [6, 6.07) is 1.98. The van der Waals surface area contributed by atoms with Crippen molar-refractivity contribution in [2.75, 3.05) is 13.1 Å². The third-order valence-corrected chi connectivity index (χ3v) is 3.46. The molecule has 0 saturated carbocycles. The normalized spacial score (nSPS) is 15.7. The number of hydrogen-bond donors (Lipinski definition) is 0. The van der Waals surface area contributed by atoms with Gasteiger partial charge in [0.05, 0.1) is 11.8 Å². The van der Waals surface area contributed by atoms with Crippen LogP contribution in [0.3, 0.4) is 0 Å². The van der Waals surface area contributed by atoms with E-state index in [0.717, 1.165) is 18.3 Å². The van der Waals surface area contributed by atoms with Gasteiger partial charge >= 0.3 is 6.18 Å². The Labute approximate surface area is 123 Å². The van der Waals surface area contributed by atoms with E-state index < -0.39 is 11.9 Å². The Morgan fingerprint density at radius 1 is 1.32 bits per heavy atom. The number of hydrogen-bond acceptors (Lipinski definition) is 4. The summed E-state index contributed by atoms with van der Waals surface area (Å²) >= 11 is 0. The zero-order valence-electron chi connectivity index (χ0n) is 11.4. The number of nitrogens with zero attached hydrogens (tertiary/aromatic N) is 5. The van der Waals surface area contributed by atoms with Gasteiger partial charge in [0.15, 0.2) is 0 Å². The predicted octanol–water partition coefficient (Wildman–Crippen LogP) is 1.46. The van der Waals surface area contributed by atoms with Crippen LogP contribution in [0.25, 0.3) is 0 Å². The van der Waals surface area contributed by atoms with Crippen molar-refractivity contribution in [2.45, 2.75) is 12.7 Å². The Bertz CT molecular complexity index is 647. The zero-order chi connectivity index (χ0) is 15.7. The Morgan fingerprint density at radius 3 is 2.64 bits per heavy atom. The van der Waals surface area contributed by atoms with Gasteiger partial charge in [0.25, 0.3) is 5.91 Å². The number of amides is 1. The molecular formula is C13H12F3N5O. The number of halogens is 3. The zero-order valence-corrected chi connectivity index (χ0v) is 11.4. The van der Waals surface area contributed by atoms with Gasteiger partial charge in [-0.3, -0.25) is 14.5 Å². The van der Waals surface area contributed by atoms with Crippen LogP contribution in [0.15, 0.2) is 30.7 Å². The second-order valence-electron chi connectivity index (χ2n) is 5.13. The number of pyridine rings is 1. The minimum absolute atomic E-state index is 0.159.